The van der Waals surface area contributed by atoms with Crippen LogP contribution in [-0.4, -0.2) is 31.1 Å². The molecule has 0 amide bonds. The molecule has 34 heavy (non-hydrogen) atoms. The second-order valence-corrected chi connectivity index (χ2v) is 11.2. The number of aliphatic hydroxyl groups excluding tert-OH is 1. The molecule has 6 unspecified atom stereocenters. The van der Waals surface area contributed by atoms with Gasteiger partial charge in [-0.05, 0) is 97.1 Å². The largest absolute Gasteiger partial charge is 0.392 e. The van der Waals surface area contributed by atoms with Gasteiger partial charge in [0.2, 0.25) is 0 Å². The van der Waals surface area contributed by atoms with Gasteiger partial charge in [0, 0.05) is 32.1 Å². The Kier molecular flexibility index (Phi) is 7.11. The van der Waals surface area contributed by atoms with Crippen molar-refractivity contribution in [3.05, 3.63) is 52.6 Å². The Morgan fingerprint density at radius 2 is 1.85 bits per heavy atom. The Labute approximate surface area is 206 Å². The van der Waals surface area contributed by atoms with E-state index < -0.39 is 0 Å². The molecule has 1 aromatic rings. The first kappa shape index (κ1) is 24.8. The van der Waals surface area contributed by atoms with Crippen LogP contribution in [0.1, 0.15) is 77.2 Å². The molecule has 0 bridgehead atoms. The van der Waals surface area contributed by atoms with Crippen LogP contribution in [0.15, 0.2) is 47.1 Å². The summed E-state index contributed by atoms with van der Waals surface area (Å²) in [5.41, 5.74) is 7.00. The Morgan fingerprint density at radius 3 is 2.47 bits per heavy atom. The van der Waals surface area contributed by atoms with E-state index >= 15 is 0 Å². The van der Waals surface area contributed by atoms with Crippen LogP contribution in [0.4, 0.5) is 5.69 Å². The molecule has 0 aromatic heterocycles. The normalized spacial score (nSPS) is 34.1. The first-order valence-electron chi connectivity index (χ1n) is 13.0. The first-order chi connectivity index (χ1) is 16.2. The zero-order valence-electron chi connectivity index (χ0n) is 21.6. The topological polar surface area (TPSA) is 40.5 Å². The monoisotopic (exact) mass is 459 g/mol. The molecule has 3 heteroatoms. The van der Waals surface area contributed by atoms with Crippen molar-refractivity contribution < 1.29 is 9.90 Å². The van der Waals surface area contributed by atoms with Gasteiger partial charge in [0.25, 0.3) is 0 Å². The first-order valence-corrected chi connectivity index (χ1v) is 13.0. The summed E-state index contributed by atoms with van der Waals surface area (Å²) in [5.74, 6) is 4.42. The summed E-state index contributed by atoms with van der Waals surface area (Å²) < 4.78 is 0. The SMILES string of the molecule is C#CC.CCC1CC2C3CCC4=CC(=O)CCC4=C3C(c3ccc(N(C)C)cc3)CC2(C)C1O. The second kappa shape index (κ2) is 9.74. The summed E-state index contributed by atoms with van der Waals surface area (Å²) in [5, 5.41) is 11.4. The van der Waals surface area contributed by atoms with E-state index in [0.717, 1.165) is 38.5 Å². The summed E-state index contributed by atoms with van der Waals surface area (Å²) in [4.78, 5) is 14.3. The van der Waals surface area contributed by atoms with E-state index in [9.17, 15) is 9.90 Å². The minimum absolute atomic E-state index is 0.0218. The van der Waals surface area contributed by atoms with Crippen molar-refractivity contribution in [2.24, 2.45) is 23.2 Å². The summed E-state index contributed by atoms with van der Waals surface area (Å²) in [6.45, 7) is 6.26. The molecule has 5 rings (SSSR count). The molecule has 1 aromatic carbocycles. The molecule has 1 N–H and O–H groups in total. The minimum Gasteiger partial charge on any atom is -0.392 e. The molecule has 0 heterocycles. The third-order valence-electron chi connectivity index (χ3n) is 9.18. The lowest BCUT2D eigenvalue weighted by atomic mass is 9.53. The van der Waals surface area contributed by atoms with Gasteiger partial charge in [0.1, 0.15) is 0 Å². The van der Waals surface area contributed by atoms with E-state index in [0.29, 0.717) is 35.9 Å². The number of carbonyl (C=O) groups is 1. The molecular weight excluding hydrogens is 418 g/mol. The number of fused-ring (bicyclic) bond motifs is 4. The second-order valence-electron chi connectivity index (χ2n) is 11.2. The van der Waals surface area contributed by atoms with E-state index in [1.54, 1.807) is 12.5 Å². The maximum Gasteiger partial charge on any atom is 0.156 e. The number of ketones is 1. The fourth-order valence-electron chi connectivity index (χ4n) is 7.51. The van der Waals surface area contributed by atoms with Crippen LogP contribution < -0.4 is 4.90 Å². The van der Waals surface area contributed by atoms with Crippen LogP contribution in [0.2, 0.25) is 0 Å². The van der Waals surface area contributed by atoms with Gasteiger partial charge in [0.15, 0.2) is 5.78 Å². The average Bonchev–Trinajstić information content (AvgIpc) is 3.08. The Balaban J connectivity index is 0.000000868. The molecule has 4 aliphatic rings. The lowest BCUT2D eigenvalue weighted by molar-refractivity contribution is -0.114. The van der Waals surface area contributed by atoms with Gasteiger partial charge in [-0.2, -0.15) is 0 Å². The van der Waals surface area contributed by atoms with Crippen LogP contribution in [0, 0.1) is 35.5 Å². The predicted molar refractivity (Wildman–Crippen MR) is 141 cm³/mol. The van der Waals surface area contributed by atoms with Gasteiger partial charge in [-0.1, -0.05) is 38.0 Å². The summed E-state index contributed by atoms with van der Waals surface area (Å²) in [6.07, 6.45) is 13.3. The zero-order chi connectivity index (χ0) is 24.6. The number of hydrogen-bond donors (Lipinski definition) is 1. The fourth-order valence-corrected chi connectivity index (χ4v) is 7.51. The highest BCUT2D eigenvalue weighted by atomic mass is 16.3. The number of aliphatic hydroxyl groups is 1. The van der Waals surface area contributed by atoms with Gasteiger partial charge >= 0.3 is 0 Å². The number of carbonyl (C=O) groups excluding carboxylic acids is 1. The Morgan fingerprint density at radius 1 is 1.18 bits per heavy atom. The van der Waals surface area contributed by atoms with Crippen LogP contribution in [0.5, 0.6) is 0 Å². The molecule has 6 atom stereocenters. The lowest BCUT2D eigenvalue weighted by Crippen LogP contribution is -2.45. The van der Waals surface area contributed by atoms with E-state index in [1.165, 1.54) is 22.4 Å². The summed E-state index contributed by atoms with van der Waals surface area (Å²) in [7, 11) is 4.16. The van der Waals surface area contributed by atoms with Gasteiger partial charge in [0.05, 0.1) is 6.10 Å². The molecule has 0 radical (unpaired) electrons. The van der Waals surface area contributed by atoms with Gasteiger partial charge < -0.3 is 10.0 Å². The van der Waals surface area contributed by atoms with Crippen molar-refractivity contribution in [1.82, 2.24) is 0 Å². The van der Waals surface area contributed by atoms with Crippen molar-refractivity contribution in [3.63, 3.8) is 0 Å². The highest BCUT2D eigenvalue weighted by Crippen LogP contribution is 2.65. The van der Waals surface area contributed by atoms with Gasteiger partial charge in [-0.3, -0.25) is 4.79 Å². The number of nitrogens with zero attached hydrogens (tertiary/aromatic N) is 1. The molecule has 0 aliphatic heterocycles. The minimum atomic E-state index is -0.206. The number of hydrogen-bond acceptors (Lipinski definition) is 3. The number of terminal acetylenes is 1. The highest BCUT2D eigenvalue weighted by molar-refractivity contribution is 5.93. The molecule has 3 nitrogen and oxygen atoms in total. The van der Waals surface area contributed by atoms with E-state index in [2.05, 4.69) is 69.5 Å². The standard InChI is InChI=1S/C28H37NO2.C3H4/c1-5-17-15-25-23-12-8-19-14-21(30)11-13-22(19)26(23)24(16-28(25,2)27(17)31)18-6-9-20(10-7-18)29(3)4;1-3-2/h6-7,9-10,14,17,23-25,27,31H,5,8,11-13,15-16H2,1-4H3;1H,2H3. The average molecular weight is 460 g/mol. The van der Waals surface area contributed by atoms with Crippen molar-refractivity contribution in [2.45, 2.75) is 77.7 Å². The molecule has 2 saturated carbocycles. The molecular formula is C31H41NO2. The highest BCUT2D eigenvalue weighted by Gasteiger charge is 2.58. The van der Waals surface area contributed by atoms with Crippen LogP contribution in [0.25, 0.3) is 0 Å². The molecule has 182 valence electrons. The Hall–Kier alpha value is -2.31. The van der Waals surface area contributed by atoms with Crippen molar-refractivity contribution >= 4 is 11.5 Å². The number of allylic oxidation sites excluding steroid dienone is 4. The van der Waals surface area contributed by atoms with Crippen molar-refractivity contribution in [2.75, 3.05) is 19.0 Å². The van der Waals surface area contributed by atoms with Gasteiger partial charge in [-0.25, -0.2) is 0 Å². The summed E-state index contributed by atoms with van der Waals surface area (Å²) in [6, 6.07) is 9.07. The zero-order valence-corrected chi connectivity index (χ0v) is 21.6. The van der Waals surface area contributed by atoms with Crippen LogP contribution in [-0.2, 0) is 4.79 Å². The molecule has 4 aliphatic carbocycles. The maximum absolute atomic E-state index is 12.2. The lowest BCUT2D eigenvalue weighted by Gasteiger charge is -2.52. The van der Waals surface area contributed by atoms with E-state index in [4.69, 9.17) is 0 Å². The van der Waals surface area contributed by atoms with Crippen LogP contribution in [0.3, 0.4) is 0 Å². The molecule has 0 spiro atoms. The van der Waals surface area contributed by atoms with Crippen molar-refractivity contribution in [3.8, 4) is 12.3 Å². The van der Waals surface area contributed by atoms with E-state index in [-0.39, 0.29) is 11.5 Å². The number of anilines is 1. The third-order valence-corrected chi connectivity index (χ3v) is 9.18. The molecule has 0 saturated heterocycles. The maximum atomic E-state index is 12.2. The number of benzene rings is 1. The fraction of sp³-hybridized carbons (Fsp3) is 0.581. The Bertz CT molecular complexity index is 1020. The predicted octanol–water partition coefficient (Wildman–Crippen LogP) is 6.29. The van der Waals surface area contributed by atoms with E-state index in [1.807, 2.05) is 6.08 Å². The number of rotatable bonds is 3. The van der Waals surface area contributed by atoms with Crippen LogP contribution >= 0.6 is 0 Å². The smallest absolute Gasteiger partial charge is 0.156 e. The third kappa shape index (κ3) is 4.16. The molecule has 2 fully saturated rings. The quantitative estimate of drug-likeness (QED) is 0.540. The van der Waals surface area contributed by atoms with Gasteiger partial charge in [-0.15, -0.1) is 12.3 Å². The van der Waals surface area contributed by atoms with Crippen molar-refractivity contribution in [1.29, 1.82) is 0 Å². The summed E-state index contributed by atoms with van der Waals surface area (Å²) >= 11 is 0.